The first-order chi connectivity index (χ1) is 16.2. The molecule has 1 fully saturated rings. The molecular weight excluding hydrogens is 446 g/mol. The second-order valence-electron chi connectivity index (χ2n) is 10.2. The van der Waals surface area contributed by atoms with Gasteiger partial charge in [0.25, 0.3) is 5.91 Å². The van der Waals surface area contributed by atoms with E-state index >= 15 is 0 Å². The molecule has 1 aliphatic heterocycles. The van der Waals surface area contributed by atoms with Crippen LogP contribution in [0.15, 0.2) is 60.8 Å². The van der Waals surface area contributed by atoms with Gasteiger partial charge in [0.1, 0.15) is 6.04 Å². The van der Waals surface area contributed by atoms with Crippen molar-refractivity contribution < 1.29 is 9.59 Å². The number of carbonyl (C=O) groups excluding carboxylic acids is 2. The summed E-state index contributed by atoms with van der Waals surface area (Å²) >= 11 is 6.08. The summed E-state index contributed by atoms with van der Waals surface area (Å²) in [7, 11) is 0. The van der Waals surface area contributed by atoms with E-state index in [9.17, 15) is 9.59 Å². The number of aromatic nitrogens is 1. The highest BCUT2D eigenvalue weighted by molar-refractivity contribution is 6.30. The molecule has 5 nitrogen and oxygen atoms in total. The normalized spacial score (nSPS) is 18.6. The average Bonchev–Trinajstić information content (AvgIpc) is 2.81. The number of piperidine rings is 1. The van der Waals surface area contributed by atoms with E-state index in [1.54, 1.807) is 12.3 Å². The van der Waals surface area contributed by atoms with Crippen molar-refractivity contribution in [3.8, 4) is 0 Å². The minimum Gasteiger partial charge on any atom is -0.340 e. The fourth-order valence-electron chi connectivity index (χ4n) is 5.09. The number of halogens is 1. The lowest BCUT2D eigenvalue weighted by Gasteiger charge is -2.45. The lowest BCUT2D eigenvalue weighted by Crippen LogP contribution is -2.55. The molecule has 34 heavy (non-hydrogen) atoms. The molecular formula is C28H32ClN3O2. The molecule has 2 atom stereocenters. The Labute approximate surface area is 206 Å². The Morgan fingerprint density at radius 2 is 1.82 bits per heavy atom. The molecule has 2 amide bonds. The van der Waals surface area contributed by atoms with Gasteiger partial charge in [-0.15, -0.1) is 0 Å². The number of fused-ring (bicyclic) bond motifs is 1. The highest BCUT2D eigenvalue weighted by atomic mass is 35.5. The number of pyridine rings is 1. The Kier molecular flexibility index (Phi) is 6.94. The Morgan fingerprint density at radius 3 is 2.50 bits per heavy atom. The van der Waals surface area contributed by atoms with E-state index < -0.39 is 6.04 Å². The van der Waals surface area contributed by atoms with Crippen LogP contribution in [0.1, 0.15) is 56.0 Å². The zero-order chi connectivity index (χ0) is 24.5. The van der Waals surface area contributed by atoms with Crippen LogP contribution >= 0.6 is 11.6 Å². The first-order valence-electron chi connectivity index (χ1n) is 11.9. The van der Waals surface area contributed by atoms with Crippen LogP contribution in [0, 0.1) is 11.3 Å². The number of likely N-dealkylation sites (tertiary alicyclic amines) is 1. The van der Waals surface area contributed by atoms with Crippen molar-refractivity contribution in [3.63, 3.8) is 0 Å². The number of carbonyl (C=O) groups is 2. The molecule has 4 rings (SSSR count). The second-order valence-corrected chi connectivity index (χ2v) is 10.6. The fourth-order valence-corrected chi connectivity index (χ4v) is 5.21. The van der Waals surface area contributed by atoms with E-state index in [1.807, 2.05) is 55.1 Å². The van der Waals surface area contributed by atoms with Gasteiger partial charge in [-0.2, -0.15) is 0 Å². The van der Waals surface area contributed by atoms with Crippen molar-refractivity contribution >= 4 is 34.3 Å². The Bertz CT molecular complexity index is 1180. The third kappa shape index (κ3) is 4.95. The van der Waals surface area contributed by atoms with E-state index in [1.165, 1.54) is 5.56 Å². The number of hydrogen-bond donors (Lipinski definition) is 1. The van der Waals surface area contributed by atoms with Crippen LogP contribution < -0.4 is 5.32 Å². The summed E-state index contributed by atoms with van der Waals surface area (Å²) in [5, 5.41) is 4.53. The highest BCUT2D eigenvalue weighted by Gasteiger charge is 2.40. The van der Waals surface area contributed by atoms with Crippen LogP contribution in [0.2, 0.25) is 5.02 Å². The minimum atomic E-state index is -0.595. The largest absolute Gasteiger partial charge is 0.340 e. The van der Waals surface area contributed by atoms with Gasteiger partial charge in [-0.25, -0.2) is 0 Å². The van der Waals surface area contributed by atoms with Crippen LogP contribution in [0.25, 0.3) is 10.9 Å². The van der Waals surface area contributed by atoms with E-state index in [2.05, 4.69) is 36.3 Å². The molecule has 3 aromatic rings. The molecule has 0 radical (unpaired) electrons. The quantitative estimate of drug-likeness (QED) is 0.513. The maximum absolute atomic E-state index is 13.6. The second kappa shape index (κ2) is 9.75. The van der Waals surface area contributed by atoms with E-state index in [0.29, 0.717) is 24.6 Å². The van der Waals surface area contributed by atoms with E-state index in [4.69, 9.17) is 11.6 Å². The molecule has 1 saturated heterocycles. The van der Waals surface area contributed by atoms with Gasteiger partial charge >= 0.3 is 0 Å². The molecule has 1 unspecified atom stereocenters. The first kappa shape index (κ1) is 24.2. The number of amides is 2. The van der Waals surface area contributed by atoms with Gasteiger partial charge in [0.15, 0.2) is 0 Å². The molecule has 0 bridgehead atoms. The standard InChI is InChI=1S/C28H32ClN3O2/c1-18(2)25(31-26(33)22-7-5-9-24-21(22)8-6-15-30-24)27(34)32-16-14-23(28(3,4)17-32)19-10-12-20(29)13-11-19/h5-13,15,18,23,25H,14,16-17H2,1-4H3,(H,31,33)/t23?,25-/m1/s1. The molecule has 1 aliphatic rings. The topological polar surface area (TPSA) is 62.3 Å². The van der Waals surface area contributed by atoms with Gasteiger partial charge in [-0.3, -0.25) is 14.6 Å². The molecule has 2 heterocycles. The average molecular weight is 478 g/mol. The molecule has 6 heteroatoms. The van der Waals surface area contributed by atoms with Gasteiger partial charge < -0.3 is 10.2 Å². The fraction of sp³-hybridized carbons (Fsp3) is 0.393. The summed E-state index contributed by atoms with van der Waals surface area (Å²) in [4.78, 5) is 33.1. The van der Waals surface area contributed by atoms with Gasteiger partial charge in [-0.05, 0) is 59.6 Å². The molecule has 0 saturated carbocycles. The molecule has 178 valence electrons. The molecule has 1 N–H and O–H groups in total. The summed E-state index contributed by atoms with van der Waals surface area (Å²) < 4.78 is 0. The van der Waals surface area contributed by atoms with Gasteiger partial charge in [-0.1, -0.05) is 63.6 Å². The number of benzene rings is 2. The van der Waals surface area contributed by atoms with E-state index in [0.717, 1.165) is 22.3 Å². The SMILES string of the molecule is CC(C)[C@@H](NC(=O)c1cccc2ncccc12)C(=O)N1CCC(c2ccc(Cl)cc2)C(C)(C)C1. The van der Waals surface area contributed by atoms with Crippen molar-refractivity contribution in [1.82, 2.24) is 15.2 Å². The van der Waals surface area contributed by atoms with Crippen molar-refractivity contribution in [2.24, 2.45) is 11.3 Å². The summed E-state index contributed by atoms with van der Waals surface area (Å²) in [6.07, 6.45) is 2.58. The Balaban J connectivity index is 1.51. The zero-order valence-corrected chi connectivity index (χ0v) is 21.0. The van der Waals surface area contributed by atoms with Crippen LogP contribution in [0.3, 0.4) is 0 Å². The third-order valence-corrected chi connectivity index (χ3v) is 7.18. The summed E-state index contributed by atoms with van der Waals surface area (Å²) in [6, 6.07) is 16.6. The maximum atomic E-state index is 13.6. The minimum absolute atomic E-state index is 0.0238. The highest BCUT2D eigenvalue weighted by Crippen LogP contribution is 2.42. The molecule has 2 aromatic carbocycles. The maximum Gasteiger partial charge on any atom is 0.252 e. The lowest BCUT2D eigenvalue weighted by atomic mass is 9.70. The van der Waals surface area contributed by atoms with Gasteiger partial charge in [0, 0.05) is 35.3 Å². The number of hydrogen-bond acceptors (Lipinski definition) is 3. The Morgan fingerprint density at radius 1 is 1.09 bits per heavy atom. The smallest absolute Gasteiger partial charge is 0.252 e. The van der Waals surface area contributed by atoms with Crippen molar-refractivity contribution in [3.05, 3.63) is 76.9 Å². The molecule has 0 spiro atoms. The predicted octanol–water partition coefficient (Wildman–Crippen LogP) is 5.68. The first-order valence-corrected chi connectivity index (χ1v) is 12.2. The van der Waals surface area contributed by atoms with Crippen LogP contribution in [-0.2, 0) is 4.79 Å². The summed E-state index contributed by atoms with van der Waals surface area (Å²) in [5.74, 6) is 0.0241. The predicted molar refractivity (Wildman–Crippen MR) is 137 cm³/mol. The van der Waals surface area contributed by atoms with Crippen molar-refractivity contribution in [1.29, 1.82) is 0 Å². The molecule has 1 aromatic heterocycles. The lowest BCUT2D eigenvalue weighted by molar-refractivity contribution is -0.137. The Hall–Kier alpha value is -2.92. The zero-order valence-electron chi connectivity index (χ0n) is 20.2. The number of nitrogens with one attached hydrogen (secondary N) is 1. The third-order valence-electron chi connectivity index (χ3n) is 6.92. The van der Waals surface area contributed by atoms with Crippen molar-refractivity contribution in [2.75, 3.05) is 13.1 Å². The monoisotopic (exact) mass is 477 g/mol. The number of nitrogens with zero attached hydrogens (tertiary/aromatic N) is 2. The van der Waals surface area contributed by atoms with Crippen LogP contribution in [0.4, 0.5) is 0 Å². The summed E-state index contributed by atoms with van der Waals surface area (Å²) in [5.41, 5.74) is 2.44. The van der Waals surface area contributed by atoms with Gasteiger partial charge in [0.2, 0.25) is 5.91 Å². The van der Waals surface area contributed by atoms with Crippen LogP contribution in [0.5, 0.6) is 0 Å². The van der Waals surface area contributed by atoms with Gasteiger partial charge in [0.05, 0.1) is 5.52 Å². The van der Waals surface area contributed by atoms with E-state index in [-0.39, 0.29) is 23.1 Å². The van der Waals surface area contributed by atoms with Crippen LogP contribution in [-0.4, -0.2) is 40.8 Å². The number of rotatable bonds is 5. The summed E-state index contributed by atoms with van der Waals surface area (Å²) in [6.45, 7) is 9.65. The molecule has 0 aliphatic carbocycles. The van der Waals surface area contributed by atoms with Crippen molar-refractivity contribution in [2.45, 2.75) is 46.1 Å².